The molecule has 0 N–H and O–H groups in total. The van der Waals surface area contributed by atoms with Gasteiger partial charge >= 0.3 is 0 Å². The van der Waals surface area contributed by atoms with E-state index < -0.39 is 0 Å². The number of ether oxygens (including phenoxy) is 3. The van der Waals surface area contributed by atoms with E-state index in [1.807, 2.05) is 7.05 Å². The molecule has 3 rings (SSSR count). The molecule has 1 amide bonds. The Morgan fingerprint density at radius 3 is 2.35 bits per heavy atom. The van der Waals surface area contributed by atoms with Gasteiger partial charge in [-0.1, -0.05) is 22.9 Å². The predicted octanol–water partition coefficient (Wildman–Crippen LogP) is 3.66. The maximum absolute atomic E-state index is 12.6. The molecule has 1 heterocycles. The highest BCUT2D eigenvalue weighted by atomic mass is 35.5. The van der Waals surface area contributed by atoms with Crippen LogP contribution >= 0.6 is 22.9 Å². The van der Waals surface area contributed by atoms with Crippen LogP contribution in [-0.4, -0.2) is 31.8 Å². The van der Waals surface area contributed by atoms with Gasteiger partial charge in [-0.15, -0.1) is 0 Å². The summed E-state index contributed by atoms with van der Waals surface area (Å²) in [4.78, 5) is 17.4. The molecule has 0 saturated carbocycles. The average Bonchev–Trinajstić information content (AvgIpc) is 2.99. The summed E-state index contributed by atoms with van der Waals surface area (Å²) < 4.78 is 18.4. The van der Waals surface area contributed by atoms with Crippen molar-refractivity contribution in [2.75, 3.05) is 21.3 Å². The molecule has 0 radical (unpaired) electrons. The van der Waals surface area contributed by atoms with E-state index in [0.717, 1.165) is 10.2 Å². The summed E-state index contributed by atoms with van der Waals surface area (Å²) in [6.45, 7) is 0. The minimum Gasteiger partial charge on any atom is -0.495 e. The zero-order valence-corrected chi connectivity index (χ0v) is 16.3. The van der Waals surface area contributed by atoms with Gasteiger partial charge in [0.1, 0.15) is 11.3 Å². The Morgan fingerprint density at radius 2 is 1.69 bits per heavy atom. The lowest BCUT2D eigenvalue weighted by Crippen LogP contribution is -2.13. The van der Waals surface area contributed by atoms with Crippen LogP contribution in [0.4, 0.5) is 0 Å². The smallest absolute Gasteiger partial charge is 0.279 e. The van der Waals surface area contributed by atoms with Gasteiger partial charge in [-0.2, -0.15) is 4.99 Å². The van der Waals surface area contributed by atoms with E-state index in [2.05, 4.69) is 4.99 Å². The Kier molecular flexibility index (Phi) is 5.20. The molecule has 2 aromatic carbocycles. The first-order chi connectivity index (χ1) is 12.5. The molecule has 6 nitrogen and oxygen atoms in total. The van der Waals surface area contributed by atoms with Crippen molar-refractivity contribution >= 4 is 39.1 Å². The van der Waals surface area contributed by atoms with Crippen molar-refractivity contribution in [1.29, 1.82) is 0 Å². The highest BCUT2D eigenvalue weighted by Crippen LogP contribution is 2.33. The van der Waals surface area contributed by atoms with Gasteiger partial charge in [0.2, 0.25) is 0 Å². The number of fused-ring (bicyclic) bond motifs is 1. The van der Waals surface area contributed by atoms with Crippen molar-refractivity contribution in [2.45, 2.75) is 0 Å². The molecule has 3 aromatic rings. The first-order valence-electron chi connectivity index (χ1n) is 7.63. The third-order valence-corrected chi connectivity index (χ3v) is 5.50. The highest BCUT2D eigenvalue weighted by molar-refractivity contribution is 7.17. The monoisotopic (exact) mass is 392 g/mol. The molecule has 0 aliphatic rings. The standard InChI is InChI=1S/C18H17ClN2O4S/c1-21-15-13(24-3)8-6-11(19)16(15)26-18(21)20-17(22)10-5-7-12(23-2)14(9-10)25-4/h5-9H,1-4H3. The van der Waals surface area contributed by atoms with Crippen LogP contribution in [0.1, 0.15) is 10.4 Å². The Bertz CT molecular complexity index is 1060. The van der Waals surface area contributed by atoms with E-state index in [1.165, 1.54) is 25.6 Å². The summed E-state index contributed by atoms with van der Waals surface area (Å²) >= 11 is 7.61. The van der Waals surface area contributed by atoms with E-state index in [0.29, 0.717) is 32.6 Å². The SMILES string of the molecule is COc1ccc(C(=O)N=c2sc3c(Cl)ccc(OC)c3n2C)cc1OC. The number of aryl methyl sites for hydroxylation is 1. The fraction of sp³-hybridized carbons (Fsp3) is 0.222. The van der Waals surface area contributed by atoms with Crippen molar-refractivity contribution in [1.82, 2.24) is 4.57 Å². The third-order valence-electron chi connectivity index (χ3n) is 3.91. The van der Waals surface area contributed by atoms with Gasteiger partial charge in [-0.3, -0.25) is 4.79 Å². The van der Waals surface area contributed by atoms with E-state index in [-0.39, 0.29) is 5.91 Å². The Labute approximate surface area is 159 Å². The molecule has 0 unspecified atom stereocenters. The number of hydrogen-bond acceptors (Lipinski definition) is 5. The van der Waals surface area contributed by atoms with Crippen molar-refractivity contribution < 1.29 is 19.0 Å². The van der Waals surface area contributed by atoms with Crippen molar-refractivity contribution in [3.63, 3.8) is 0 Å². The van der Waals surface area contributed by atoms with E-state index in [9.17, 15) is 4.79 Å². The number of hydrogen-bond donors (Lipinski definition) is 0. The van der Waals surface area contributed by atoms with Crippen LogP contribution in [0.15, 0.2) is 35.3 Å². The van der Waals surface area contributed by atoms with Gasteiger partial charge in [-0.25, -0.2) is 0 Å². The number of carbonyl (C=O) groups excluding carboxylic acids is 1. The third kappa shape index (κ3) is 3.15. The fourth-order valence-corrected chi connectivity index (χ4v) is 3.89. The number of rotatable bonds is 4. The predicted molar refractivity (Wildman–Crippen MR) is 102 cm³/mol. The van der Waals surface area contributed by atoms with Crippen LogP contribution in [0, 0.1) is 0 Å². The second-order valence-electron chi connectivity index (χ2n) is 5.36. The van der Waals surface area contributed by atoms with Crippen molar-refractivity contribution in [3.8, 4) is 17.2 Å². The fourth-order valence-electron chi connectivity index (χ4n) is 2.58. The molecule has 26 heavy (non-hydrogen) atoms. The van der Waals surface area contributed by atoms with Crippen LogP contribution in [0.3, 0.4) is 0 Å². The molecular formula is C18H17ClN2O4S. The largest absolute Gasteiger partial charge is 0.495 e. The molecule has 0 spiro atoms. The van der Waals surface area contributed by atoms with Crippen LogP contribution in [0.25, 0.3) is 10.2 Å². The lowest BCUT2D eigenvalue weighted by Gasteiger charge is -2.07. The molecular weight excluding hydrogens is 376 g/mol. The number of nitrogens with zero attached hydrogens (tertiary/aromatic N) is 2. The van der Waals surface area contributed by atoms with Crippen LogP contribution in [0.5, 0.6) is 17.2 Å². The summed E-state index contributed by atoms with van der Waals surface area (Å²) in [5.74, 6) is 1.30. The van der Waals surface area contributed by atoms with Crippen LogP contribution in [0.2, 0.25) is 5.02 Å². The quantitative estimate of drug-likeness (QED) is 0.679. The Balaban J connectivity index is 2.12. The zero-order valence-electron chi connectivity index (χ0n) is 14.7. The van der Waals surface area contributed by atoms with Crippen LogP contribution in [-0.2, 0) is 7.05 Å². The maximum Gasteiger partial charge on any atom is 0.279 e. The first-order valence-corrected chi connectivity index (χ1v) is 8.82. The topological polar surface area (TPSA) is 62.0 Å². The zero-order chi connectivity index (χ0) is 18.8. The molecule has 1 aromatic heterocycles. The van der Waals surface area contributed by atoms with E-state index >= 15 is 0 Å². The Morgan fingerprint density at radius 1 is 1.04 bits per heavy atom. The molecule has 8 heteroatoms. The number of halogens is 1. The first kappa shape index (κ1) is 18.3. The summed E-state index contributed by atoms with van der Waals surface area (Å²) in [5.41, 5.74) is 1.20. The van der Waals surface area contributed by atoms with Crippen molar-refractivity contribution in [2.24, 2.45) is 12.0 Å². The number of thiazole rings is 1. The summed E-state index contributed by atoms with van der Waals surface area (Å²) in [6.07, 6.45) is 0. The van der Waals surface area contributed by atoms with Gasteiger partial charge in [0, 0.05) is 12.6 Å². The molecule has 0 fully saturated rings. The van der Waals surface area contributed by atoms with Gasteiger partial charge in [0.25, 0.3) is 5.91 Å². The lowest BCUT2D eigenvalue weighted by molar-refractivity contribution is 0.0997. The number of methoxy groups -OCH3 is 3. The molecule has 0 bridgehead atoms. The normalized spacial score (nSPS) is 11.7. The minimum atomic E-state index is -0.386. The minimum absolute atomic E-state index is 0.386. The second kappa shape index (κ2) is 7.39. The summed E-state index contributed by atoms with van der Waals surface area (Å²) in [7, 11) is 6.46. The Hall–Kier alpha value is -2.51. The van der Waals surface area contributed by atoms with Crippen molar-refractivity contribution in [3.05, 3.63) is 45.7 Å². The molecule has 0 aliphatic heterocycles. The number of amides is 1. The summed E-state index contributed by atoms with van der Waals surface area (Å²) in [5, 5.41) is 0.585. The molecule has 0 aliphatic carbocycles. The van der Waals surface area contributed by atoms with E-state index in [4.69, 9.17) is 25.8 Å². The average molecular weight is 393 g/mol. The van der Waals surface area contributed by atoms with E-state index in [1.54, 1.807) is 42.0 Å². The van der Waals surface area contributed by atoms with Gasteiger partial charge < -0.3 is 18.8 Å². The highest BCUT2D eigenvalue weighted by Gasteiger charge is 2.14. The van der Waals surface area contributed by atoms with Gasteiger partial charge in [-0.05, 0) is 30.3 Å². The van der Waals surface area contributed by atoms with Crippen LogP contribution < -0.4 is 19.0 Å². The molecule has 0 atom stereocenters. The summed E-state index contributed by atoms with van der Waals surface area (Å²) in [6, 6.07) is 8.47. The molecule has 136 valence electrons. The number of aromatic nitrogens is 1. The lowest BCUT2D eigenvalue weighted by atomic mass is 10.2. The number of carbonyl (C=O) groups is 1. The second-order valence-corrected chi connectivity index (χ2v) is 6.74. The molecule has 0 saturated heterocycles. The number of benzene rings is 2. The van der Waals surface area contributed by atoms with Gasteiger partial charge in [0.15, 0.2) is 16.3 Å². The van der Waals surface area contributed by atoms with Gasteiger partial charge in [0.05, 0.1) is 31.1 Å². The maximum atomic E-state index is 12.6.